The van der Waals surface area contributed by atoms with Gasteiger partial charge in [0.2, 0.25) is 0 Å². The van der Waals surface area contributed by atoms with E-state index in [2.05, 4.69) is 5.32 Å². The quantitative estimate of drug-likeness (QED) is 0.648. The number of hydrogen-bond acceptors (Lipinski definition) is 1. The van der Waals surface area contributed by atoms with Gasteiger partial charge < -0.3 is 5.32 Å². The highest BCUT2D eigenvalue weighted by Crippen LogP contribution is 2.16. The van der Waals surface area contributed by atoms with Crippen molar-refractivity contribution in [3.05, 3.63) is 0 Å². The summed E-state index contributed by atoms with van der Waals surface area (Å²) in [6.45, 7) is -0.878. The van der Waals surface area contributed by atoms with Crippen molar-refractivity contribution < 1.29 is 9.18 Å². The summed E-state index contributed by atoms with van der Waals surface area (Å²) in [5.74, 6) is -0.461. The van der Waals surface area contributed by atoms with Crippen LogP contribution < -0.4 is 5.32 Å². The fraction of sp³-hybridized carbons (Fsp3) is 0.875. The van der Waals surface area contributed by atoms with E-state index in [0.29, 0.717) is 0 Å². The van der Waals surface area contributed by atoms with Crippen LogP contribution in [-0.4, -0.2) is 18.6 Å². The maximum absolute atomic E-state index is 11.7. The maximum atomic E-state index is 11.7. The van der Waals surface area contributed by atoms with Crippen LogP contribution in [0.15, 0.2) is 0 Å². The third kappa shape index (κ3) is 2.87. The standard InChI is InChI=1S/C8H14FNO/c9-6-8(11)10-7-4-2-1-3-5-7/h7H,1-6H2,(H,10,11). The van der Waals surface area contributed by atoms with E-state index in [1.165, 1.54) is 6.42 Å². The van der Waals surface area contributed by atoms with Gasteiger partial charge in [-0.2, -0.15) is 0 Å². The molecule has 0 aliphatic heterocycles. The van der Waals surface area contributed by atoms with E-state index in [9.17, 15) is 9.18 Å². The van der Waals surface area contributed by atoms with Crippen LogP contribution in [0.25, 0.3) is 0 Å². The van der Waals surface area contributed by atoms with Crippen molar-refractivity contribution in [1.82, 2.24) is 5.32 Å². The topological polar surface area (TPSA) is 29.1 Å². The Balaban J connectivity index is 2.19. The van der Waals surface area contributed by atoms with E-state index in [0.717, 1.165) is 25.7 Å². The minimum atomic E-state index is -0.878. The highest BCUT2D eigenvalue weighted by Gasteiger charge is 2.14. The number of amides is 1. The molecule has 0 saturated heterocycles. The molecule has 0 bridgehead atoms. The second-order valence-corrected chi connectivity index (χ2v) is 3.04. The SMILES string of the molecule is O=C(CF)NC1CCCCC1. The van der Waals surface area contributed by atoms with Gasteiger partial charge in [-0.15, -0.1) is 0 Å². The first-order valence-corrected chi connectivity index (χ1v) is 4.18. The molecule has 0 aromatic heterocycles. The summed E-state index contributed by atoms with van der Waals surface area (Å²) in [6.07, 6.45) is 5.62. The molecule has 1 N–H and O–H groups in total. The summed E-state index contributed by atoms with van der Waals surface area (Å²) < 4.78 is 11.7. The first-order valence-electron chi connectivity index (χ1n) is 4.18. The van der Waals surface area contributed by atoms with E-state index in [1.807, 2.05) is 0 Å². The van der Waals surface area contributed by atoms with Gasteiger partial charge in [0.15, 0.2) is 6.67 Å². The molecule has 0 radical (unpaired) electrons. The van der Waals surface area contributed by atoms with E-state index >= 15 is 0 Å². The van der Waals surface area contributed by atoms with Crippen LogP contribution in [0.2, 0.25) is 0 Å². The fourth-order valence-electron chi connectivity index (χ4n) is 1.51. The van der Waals surface area contributed by atoms with Gasteiger partial charge in [-0.1, -0.05) is 19.3 Å². The predicted molar refractivity (Wildman–Crippen MR) is 41.0 cm³/mol. The molecule has 1 saturated carbocycles. The molecule has 0 unspecified atom stereocenters. The molecule has 0 spiro atoms. The molecule has 1 rings (SSSR count). The van der Waals surface area contributed by atoms with Crippen LogP contribution in [0.1, 0.15) is 32.1 Å². The largest absolute Gasteiger partial charge is 0.351 e. The van der Waals surface area contributed by atoms with Crippen LogP contribution in [-0.2, 0) is 4.79 Å². The van der Waals surface area contributed by atoms with Crippen molar-refractivity contribution in [2.75, 3.05) is 6.67 Å². The molecule has 0 aromatic rings. The number of carbonyl (C=O) groups is 1. The maximum Gasteiger partial charge on any atom is 0.251 e. The molecule has 0 heterocycles. The van der Waals surface area contributed by atoms with Gasteiger partial charge in [0.05, 0.1) is 0 Å². The number of hydrogen-bond donors (Lipinski definition) is 1. The average molecular weight is 159 g/mol. The second kappa shape index (κ2) is 4.31. The number of rotatable bonds is 2. The third-order valence-electron chi connectivity index (χ3n) is 2.09. The van der Waals surface area contributed by atoms with Crippen LogP contribution in [0, 0.1) is 0 Å². The zero-order valence-electron chi connectivity index (χ0n) is 6.61. The van der Waals surface area contributed by atoms with Crippen LogP contribution >= 0.6 is 0 Å². The summed E-state index contributed by atoms with van der Waals surface area (Å²) in [7, 11) is 0. The Hall–Kier alpha value is -0.600. The molecule has 0 aromatic carbocycles. The Morgan fingerprint density at radius 2 is 2.00 bits per heavy atom. The van der Waals surface area contributed by atoms with Crippen molar-refractivity contribution in [2.45, 2.75) is 38.1 Å². The Kier molecular flexibility index (Phi) is 3.33. The number of alkyl halides is 1. The second-order valence-electron chi connectivity index (χ2n) is 3.04. The molecule has 0 atom stereocenters. The highest BCUT2D eigenvalue weighted by atomic mass is 19.1. The van der Waals surface area contributed by atoms with Crippen molar-refractivity contribution >= 4 is 5.91 Å². The molecule has 1 aliphatic rings. The lowest BCUT2D eigenvalue weighted by Gasteiger charge is -2.21. The van der Waals surface area contributed by atoms with Crippen molar-refractivity contribution in [2.24, 2.45) is 0 Å². The normalized spacial score (nSPS) is 19.7. The average Bonchev–Trinajstić information content (AvgIpc) is 2.06. The fourth-order valence-corrected chi connectivity index (χ4v) is 1.51. The van der Waals surface area contributed by atoms with Gasteiger partial charge in [0.25, 0.3) is 5.91 Å². The Bertz CT molecular complexity index is 132. The Morgan fingerprint density at radius 3 is 2.55 bits per heavy atom. The molecule has 3 heteroatoms. The van der Waals surface area contributed by atoms with E-state index in [1.54, 1.807) is 0 Å². The van der Waals surface area contributed by atoms with Gasteiger partial charge in [-0.25, -0.2) is 4.39 Å². The number of halogens is 1. The first-order chi connectivity index (χ1) is 5.33. The van der Waals surface area contributed by atoms with E-state index in [4.69, 9.17) is 0 Å². The predicted octanol–water partition coefficient (Wildman–Crippen LogP) is 1.40. The van der Waals surface area contributed by atoms with Gasteiger partial charge >= 0.3 is 0 Å². The first kappa shape index (κ1) is 8.50. The molecular formula is C8H14FNO. The molecular weight excluding hydrogens is 145 g/mol. The van der Waals surface area contributed by atoms with Crippen LogP contribution in [0.3, 0.4) is 0 Å². The monoisotopic (exact) mass is 159 g/mol. The van der Waals surface area contributed by atoms with Crippen LogP contribution in [0.4, 0.5) is 4.39 Å². The van der Waals surface area contributed by atoms with Gasteiger partial charge in [0.1, 0.15) is 0 Å². The lowest BCUT2D eigenvalue weighted by molar-refractivity contribution is -0.122. The molecule has 1 amide bonds. The zero-order chi connectivity index (χ0) is 8.10. The van der Waals surface area contributed by atoms with Gasteiger partial charge in [-0.05, 0) is 12.8 Å². The molecule has 64 valence electrons. The molecule has 2 nitrogen and oxygen atoms in total. The van der Waals surface area contributed by atoms with Crippen molar-refractivity contribution in [1.29, 1.82) is 0 Å². The zero-order valence-corrected chi connectivity index (χ0v) is 6.61. The van der Waals surface area contributed by atoms with E-state index in [-0.39, 0.29) is 6.04 Å². The lowest BCUT2D eigenvalue weighted by Crippen LogP contribution is -2.36. The van der Waals surface area contributed by atoms with E-state index < -0.39 is 12.6 Å². The van der Waals surface area contributed by atoms with Gasteiger partial charge in [-0.3, -0.25) is 4.79 Å². The summed E-state index contributed by atoms with van der Waals surface area (Å²) >= 11 is 0. The Morgan fingerprint density at radius 1 is 1.36 bits per heavy atom. The van der Waals surface area contributed by atoms with Crippen LogP contribution in [0.5, 0.6) is 0 Å². The van der Waals surface area contributed by atoms with Gasteiger partial charge in [0, 0.05) is 6.04 Å². The summed E-state index contributed by atoms with van der Waals surface area (Å²) in [5.41, 5.74) is 0. The Labute approximate surface area is 66.2 Å². The highest BCUT2D eigenvalue weighted by molar-refractivity contribution is 5.77. The van der Waals surface area contributed by atoms with Crippen molar-refractivity contribution in [3.8, 4) is 0 Å². The van der Waals surface area contributed by atoms with Crippen molar-refractivity contribution in [3.63, 3.8) is 0 Å². The smallest absolute Gasteiger partial charge is 0.251 e. The molecule has 1 aliphatic carbocycles. The molecule has 1 fully saturated rings. The summed E-state index contributed by atoms with van der Waals surface area (Å²) in [6, 6.07) is 0.243. The third-order valence-corrected chi connectivity index (χ3v) is 2.09. The minimum Gasteiger partial charge on any atom is -0.351 e. The molecule has 11 heavy (non-hydrogen) atoms. The summed E-state index contributed by atoms with van der Waals surface area (Å²) in [4.78, 5) is 10.6. The number of nitrogens with one attached hydrogen (secondary N) is 1. The minimum absolute atomic E-state index is 0.243. The summed E-state index contributed by atoms with van der Waals surface area (Å²) in [5, 5.41) is 2.65. The number of carbonyl (C=O) groups excluding carboxylic acids is 1. The lowest BCUT2D eigenvalue weighted by atomic mass is 9.95.